The van der Waals surface area contributed by atoms with Crippen LogP contribution < -0.4 is 5.73 Å². The van der Waals surface area contributed by atoms with E-state index in [1.807, 2.05) is 42.6 Å². The van der Waals surface area contributed by atoms with Gasteiger partial charge in [0.1, 0.15) is 5.69 Å². The molecule has 0 unspecified atom stereocenters. The lowest BCUT2D eigenvalue weighted by Crippen LogP contribution is -1.88. The molecule has 0 aliphatic carbocycles. The lowest BCUT2D eigenvalue weighted by molar-refractivity contribution is 0.439. The largest absolute Gasteiger partial charge is 0.367 e. The molecule has 5 heteroatoms. The maximum Gasteiger partial charge on any atom is 0.231 e. The topological polar surface area (TPSA) is 52.0 Å². The molecule has 0 spiro atoms. The first-order chi connectivity index (χ1) is 9.18. The van der Waals surface area contributed by atoms with Crippen molar-refractivity contribution >= 4 is 28.8 Å². The average molecular weight is 291 g/mol. The van der Waals surface area contributed by atoms with Crippen LogP contribution in [0.15, 0.2) is 40.2 Å². The van der Waals surface area contributed by atoms with E-state index in [4.69, 9.17) is 21.9 Å². The normalized spacial score (nSPS) is 10.8. The maximum absolute atomic E-state index is 6.16. The third-order valence-electron chi connectivity index (χ3n) is 3.01. The molecule has 3 nitrogen and oxygen atoms in total. The van der Waals surface area contributed by atoms with Gasteiger partial charge in [-0.25, -0.2) is 0 Å². The Morgan fingerprint density at radius 1 is 1.26 bits per heavy atom. The molecule has 0 saturated carbocycles. The van der Waals surface area contributed by atoms with Crippen molar-refractivity contribution in [1.29, 1.82) is 0 Å². The summed E-state index contributed by atoms with van der Waals surface area (Å²) in [6, 6.07) is 9.69. The third kappa shape index (κ3) is 2.03. The third-order valence-corrected chi connectivity index (χ3v) is 4.31. The van der Waals surface area contributed by atoms with E-state index in [-0.39, 0.29) is 0 Å². The molecule has 19 heavy (non-hydrogen) atoms. The Labute approximate surface area is 119 Å². The Morgan fingerprint density at radius 3 is 2.84 bits per heavy atom. The molecule has 3 aromatic rings. The summed E-state index contributed by atoms with van der Waals surface area (Å²) in [5, 5.41) is 6.79. The highest BCUT2D eigenvalue weighted by molar-refractivity contribution is 7.13. The maximum atomic E-state index is 6.16. The molecule has 1 aromatic carbocycles. The Bertz CT molecular complexity index is 719. The first-order valence-electron chi connectivity index (χ1n) is 5.73. The van der Waals surface area contributed by atoms with Gasteiger partial charge in [-0.2, -0.15) is 0 Å². The molecule has 0 atom stereocenters. The van der Waals surface area contributed by atoms with Crippen LogP contribution in [0.25, 0.3) is 21.7 Å². The zero-order valence-electron chi connectivity index (χ0n) is 10.2. The van der Waals surface area contributed by atoms with E-state index in [1.165, 1.54) is 0 Å². The fourth-order valence-electron chi connectivity index (χ4n) is 2.01. The van der Waals surface area contributed by atoms with E-state index in [0.29, 0.717) is 10.9 Å². The summed E-state index contributed by atoms with van der Waals surface area (Å²) in [6.07, 6.45) is 0. The van der Waals surface area contributed by atoms with E-state index in [2.05, 4.69) is 5.16 Å². The monoisotopic (exact) mass is 290 g/mol. The number of hydrogen-bond donors (Lipinski definition) is 1. The molecule has 0 aliphatic rings. The van der Waals surface area contributed by atoms with Gasteiger partial charge in [0.2, 0.25) is 5.88 Å². The Hall–Kier alpha value is -1.78. The van der Waals surface area contributed by atoms with Gasteiger partial charge >= 0.3 is 0 Å². The smallest absolute Gasteiger partial charge is 0.231 e. The van der Waals surface area contributed by atoms with Crippen molar-refractivity contribution < 1.29 is 4.52 Å². The fourth-order valence-corrected chi connectivity index (χ4v) is 2.96. The van der Waals surface area contributed by atoms with Crippen LogP contribution in [0.2, 0.25) is 5.02 Å². The number of nitrogens with two attached hydrogens (primary N) is 1. The predicted octanol–water partition coefficient (Wildman–Crippen LogP) is 4.61. The van der Waals surface area contributed by atoms with Crippen LogP contribution in [0, 0.1) is 6.92 Å². The predicted molar refractivity (Wildman–Crippen MR) is 79.4 cm³/mol. The minimum Gasteiger partial charge on any atom is -0.367 e. The molecule has 0 bridgehead atoms. The highest BCUT2D eigenvalue weighted by Crippen LogP contribution is 2.40. The minimum atomic E-state index is 0.330. The van der Waals surface area contributed by atoms with Crippen molar-refractivity contribution in [3.8, 4) is 21.7 Å². The molecule has 96 valence electrons. The lowest BCUT2D eigenvalue weighted by atomic mass is 10.0. The van der Waals surface area contributed by atoms with Crippen molar-refractivity contribution in [2.75, 3.05) is 5.73 Å². The molecule has 0 fully saturated rings. The second-order valence-electron chi connectivity index (χ2n) is 4.16. The molecule has 0 saturated heterocycles. The van der Waals surface area contributed by atoms with Gasteiger partial charge in [-0.1, -0.05) is 35.0 Å². The molecule has 0 amide bonds. The van der Waals surface area contributed by atoms with Gasteiger partial charge in [0.05, 0.1) is 5.56 Å². The van der Waals surface area contributed by atoms with Crippen molar-refractivity contribution in [2.45, 2.75) is 6.92 Å². The SMILES string of the molecule is Cc1c(Cl)cccc1-c1noc(N)c1-c1cccs1. The van der Waals surface area contributed by atoms with Crippen LogP contribution >= 0.6 is 22.9 Å². The Balaban J connectivity index is 2.25. The van der Waals surface area contributed by atoms with Crippen LogP contribution in [0.4, 0.5) is 5.88 Å². The number of anilines is 1. The molecular weight excluding hydrogens is 280 g/mol. The summed E-state index contributed by atoms with van der Waals surface area (Å²) in [5.74, 6) is 0.330. The highest BCUT2D eigenvalue weighted by Gasteiger charge is 2.19. The summed E-state index contributed by atoms with van der Waals surface area (Å²) in [7, 11) is 0. The first kappa shape index (κ1) is 12.3. The fraction of sp³-hybridized carbons (Fsp3) is 0.0714. The van der Waals surface area contributed by atoms with Gasteiger partial charge in [-0.15, -0.1) is 11.3 Å². The molecule has 3 rings (SSSR count). The standard InChI is InChI=1S/C14H11ClN2OS/c1-8-9(4-2-5-10(8)15)13-12(14(16)18-17-13)11-6-3-7-19-11/h2-7H,16H2,1H3. The number of halogens is 1. The highest BCUT2D eigenvalue weighted by atomic mass is 35.5. The van der Waals surface area contributed by atoms with E-state index in [9.17, 15) is 0 Å². The summed E-state index contributed by atoms with van der Waals surface area (Å²) < 4.78 is 5.16. The van der Waals surface area contributed by atoms with Gasteiger partial charge in [-0.3, -0.25) is 0 Å². The molecule has 0 radical (unpaired) electrons. The quantitative estimate of drug-likeness (QED) is 0.749. The number of hydrogen-bond acceptors (Lipinski definition) is 4. The van der Waals surface area contributed by atoms with Crippen LogP contribution in [-0.4, -0.2) is 5.16 Å². The van der Waals surface area contributed by atoms with Gasteiger partial charge in [0.15, 0.2) is 0 Å². The van der Waals surface area contributed by atoms with E-state index in [0.717, 1.165) is 27.3 Å². The van der Waals surface area contributed by atoms with Crippen LogP contribution in [-0.2, 0) is 0 Å². The van der Waals surface area contributed by atoms with Crippen molar-refractivity contribution in [3.05, 3.63) is 46.3 Å². The Morgan fingerprint density at radius 2 is 2.11 bits per heavy atom. The minimum absolute atomic E-state index is 0.330. The van der Waals surface area contributed by atoms with Gasteiger partial charge < -0.3 is 10.3 Å². The lowest BCUT2D eigenvalue weighted by Gasteiger charge is -2.05. The molecule has 2 heterocycles. The second-order valence-corrected chi connectivity index (χ2v) is 5.52. The number of aromatic nitrogens is 1. The molecule has 0 aliphatic heterocycles. The summed E-state index contributed by atoms with van der Waals surface area (Å²) in [5.41, 5.74) is 9.38. The zero-order valence-corrected chi connectivity index (χ0v) is 11.8. The zero-order chi connectivity index (χ0) is 13.4. The van der Waals surface area contributed by atoms with Crippen LogP contribution in [0.1, 0.15) is 5.56 Å². The average Bonchev–Trinajstić information content (AvgIpc) is 3.02. The van der Waals surface area contributed by atoms with Gasteiger partial charge in [0.25, 0.3) is 0 Å². The number of nitrogen functional groups attached to an aromatic ring is 1. The summed E-state index contributed by atoms with van der Waals surface area (Å²) >= 11 is 7.76. The summed E-state index contributed by atoms with van der Waals surface area (Å²) in [4.78, 5) is 1.04. The van der Waals surface area contributed by atoms with E-state index < -0.39 is 0 Å². The molecule has 2 N–H and O–H groups in total. The molecular formula is C14H11ClN2OS. The van der Waals surface area contributed by atoms with Gasteiger partial charge in [-0.05, 0) is 30.0 Å². The number of benzene rings is 1. The van der Waals surface area contributed by atoms with Crippen LogP contribution in [0.5, 0.6) is 0 Å². The first-order valence-corrected chi connectivity index (χ1v) is 6.98. The molecule has 2 aromatic heterocycles. The van der Waals surface area contributed by atoms with Gasteiger partial charge in [0, 0.05) is 15.5 Å². The van der Waals surface area contributed by atoms with E-state index in [1.54, 1.807) is 11.3 Å². The van der Waals surface area contributed by atoms with Crippen molar-refractivity contribution in [3.63, 3.8) is 0 Å². The second kappa shape index (κ2) is 4.72. The number of nitrogens with zero attached hydrogens (tertiary/aromatic N) is 1. The van der Waals surface area contributed by atoms with Crippen LogP contribution in [0.3, 0.4) is 0 Å². The van der Waals surface area contributed by atoms with Crippen molar-refractivity contribution in [1.82, 2.24) is 5.16 Å². The summed E-state index contributed by atoms with van der Waals surface area (Å²) in [6.45, 7) is 1.96. The number of thiophene rings is 1. The number of rotatable bonds is 2. The Kier molecular flexibility index (Phi) is 3.05. The van der Waals surface area contributed by atoms with Crippen molar-refractivity contribution in [2.24, 2.45) is 0 Å². The van der Waals surface area contributed by atoms with E-state index >= 15 is 0 Å².